The van der Waals surface area contributed by atoms with Crippen LogP contribution in [-0.2, 0) is 11.3 Å². The van der Waals surface area contributed by atoms with Crippen molar-refractivity contribution in [3.8, 4) is 22.4 Å². The zero-order chi connectivity index (χ0) is 30.6. The number of aromatic amines is 1. The fraction of sp³-hybridized carbons (Fsp3) is 0.235. The lowest BCUT2D eigenvalue weighted by Gasteiger charge is -2.27. The zero-order valence-electron chi connectivity index (χ0n) is 25.2. The van der Waals surface area contributed by atoms with Gasteiger partial charge in [0.25, 0.3) is 0 Å². The number of pyridine rings is 1. The summed E-state index contributed by atoms with van der Waals surface area (Å²) in [4.78, 5) is 36.9. The van der Waals surface area contributed by atoms with E-state index in [0.717, 1.165) is 57.8 Å². The number of carbonyl (C=O) groups is 2. The van der Waals surface area contributed by atoms with E-state index in [9.17, 15) is 9.59 Å². The van der Waals surface area contributed by atoms with Crippen molar-refractivity contribution in [3.05, 3.63) is 90.9 Å². The molecule has 1 aliphatic rings. The van der Waals surface area contributed by atoms with Gasteiger partial charge in [-0.25, -0.2) is 9.78 Å². The zero-order valence-corrected chi connectivity index (χ0v) is 25.2. The van der Waals surface area contributed by atoms with Crippen LogP contribution in [0.5, 0.6) is 0 Å². The number of aryl methyl sites for hydroxylation is 1. The summed E-state index contributed by atoms with van der Waals surface area (Å²) in [7, 11) is 3.82. The number of anilines is 2. The molecule has 0 unspecified atom stereocenters. The van der Waals surface area contributed by atoms with Crippen molar-refractivity contribution in [2.75, 3.05) is 44.4 Å². The normalized spacial score (nSPS) is 13.3. The Hall–Kier alpha value is -5.22. The Bertz CT molecular complexity index is 1820. The summed E-state index contributed by atoms with van der Waals surface area (Å²) in [5.41, 5.74) is 8.27. The maximum atomic E-state index is 12.5. The van der Waals surface area contributed by atoms with Crippen LogP contribution < -0.4 is 10.6 Å². The van der Waals surface area contributed by atoms with Crippen LogP contribution in [0.15, 0.2) is 85.2 Å². The Kier molecular flexibility index (Phi) is 8.25. The van der Waals surface area contributed by atoms with Gasteiger partial charge in [0.05, 0.1) is 6.54 Å². The molecule has 4 heterocycles. The van der Waals surface area contributed by atoms with Crippen molar-refractivity contribution < 1.29 is 9.59 Å². The molecule has 3 N–H and O–H groups in total. The van der Waals surface area contributed by atoms with Crippen molar-refractivity contribution in [1.82, 2.24) is 29.5 Å². The Morgan fingerprint density at radius 2 is 1.73 bits per heavy atom. The van der Waals surface area contributed by atoms with Crippen LogP contribution in [0.1, 0.15) is 19.0 Å². The number of fused-ring (bicyclic) bond motifs is 1. The van der Waals surface area contributed by atoms with Crippen LogP contribution >= 0.6 is 0 Å². The summed E-state index contributed by atoms with van der Waals surface area (Å²) in [5.74, 6) is 0.144. The van der Waals surface area contributed by atoms with Crippen molar-refractivity contribution >= 4 is 39.9 Å². The van der Waals surface area contributed by atoms with Crippen LogP contribution in [0.2, 0.25) is 0 Å². The molecule has 10 nitrogen and oxygen atoms in total. The number of nitrogens with one attached hydrogen (secondary N) is 3. The fourth-order valence-electron chi connectivity index (χ4n) is 5.47. The van der Waals surface area contributed by atoms with E-state index in [1.807, 2.05) is 95.4 Å². The lowest BCUT2D eigenvalue weighted by molar-refractivity contribution is -0.131. The number of hydrogen-bond acceptors (Lipinski definition) is 5. The first-order chi connectivity index (χ1) is 21.4. The smallest absolute Gasteiger partial charge is 0.323 e. The Morgan fingerprint density at radius 1 is 0.977 bits per heavy atom. The molecular weight excluding hydrogens is 552 g/mol. The second-order valence-corrected chi connectivity index (χ2v) is 11.1. The first-order valence-corrected chi connectivity index (χ1v) is 14.8. The number of benzene rings is 2. The summed E-state index contributed by atoms with van der Waals surface area (Å²) in [5, 5.41) is 11.6. The number of amides is 3. The molecule has 3 amide bonds. The highest BCUT2D eigenvalue weighted by Gasteiger charge is 2.21. The van der Waals surface area contributed by atoms with Gasteiger partial charge in [0.15, 0.2) is 0 Å². The number of rotatable bonds is 8. The molecule has 6 rings (SSSR count). The van der Waals surface area contributed by atoms with Crippen molar-refractivity contribution in [2.24, 2.45) is 0 Å². The van der Waals surface area contributed by atoms with E-state index in [-0.39, 0.29) is 11.9 Å². The Labute approximate surface area is 256 Å². The van der Waals surface area contributed by atoms with Gasteiger partial charge in [-0.3, -0.25) is 9.48 Å². The minimum absolute atomic E-state index is 0.144. The van der Waals surface area contributed by atoms with Crippen LogP contribution in [-0.4, -0.2) is 75.2 Å². The Balaban J connectivity index is 1.25. The summed E-state index contributed by atoms with van der Waals surface area (Å²) >= 11 is 0. The number of aromatic nitrogens is 4. The van der Waals surface area contributed by atoms with Gasteiger partial charge in [-0.05, 0) is 75.0 Å². The molecule has 5 aromatic rings. The van der Waals surface area contributed by atoms with Crippen LogP contribution in [0.3, 0.4) is 0 Å². The second kappa shape index (κ2) is 12.6. The van der Waals surface area contributed by atoms with Crippen molar-refractivity contribution in [2.45, 2.75) is 19.9 Å². The molecule has 2 aromatic carbocycles. The number of urea groups is 1. The molecule has 224 valence electrons. The van der Waals surface area contributed by atoms with Gasteiger partial charge in [-0.15, -0.1) is 0 Å². The maximum absolute atomic E-state index is 12.5. The monoisotopic (exact) mass is 588 g/mol. The molecule has 0 aliphatic carbocycles. The van der Waals surface area contributed by atoms with E-state index in [1.165, 1.54) is 5.57 Å². The molecule has 1 aliphatic heterocycles. The summed E-state index contributed by atoms with van der Waals surface area (Å²) in [6, 6.07) is 20.9. The number of carbonyl (C=O) groups excluding carboxylic acids is 2. The molecule has 0 saturated carbocycles. The van der Waals surface area contributed by atoms with Crippen molar-refractivity contribution in [1.29, 1.82) is 0 Å². The number of likely N-dealkylation sites (N-methyl/N-ethyl adjacent to an activating group) is 1. The molecule has 10 heteroatoms. The average molecular weight is 589 g/mol. The van der Waals surface area contributed by atoms with Gasteiger partial charge in [0.1, 0.15) is 11.3 Å². The van der Waals surface area contributed by atoms with E-state index < -0.39 is 0 Å². The van der Waals surface area contributed by atoms with Gasteiger partial charge < -0.3 is 25.4 Å². The molecule has 0 bridgehead atoms. The fourth-order valence-corrected chi connectivity index (χ4v) is 5.47. The van der Waals surface area contributed by atoms with E-state index in [2.05, 4.69) is 45.9 Å². The van der Waals surface area contributed by atoms with Crippen LogP contribution in [0.4, 0.5) is 16.2 Å². The standard InChI is InChI=1S/C34H36N8O2/c1-4-42-21-29(32(39-42)24-10-12-26(13-11-24)37-34(44)36-25-8-6-5-7-9-25)27-14-17-35-33-28(27)20-30(38-33)23-15-18-41(19-16-23)31(43)22-40(2)3/h5-15,17,20-21H,4,16,18-19,22H2,1-3H3,(H,35,38)(H2,36,37,44). The average Bonchev–Trinajstić information content (AvgIpc) is 3.67. The van der Waals surface area contributed by atoms with Crippen molar-refractivity contribution in [3.63, 3.8) is 0 Å². The van der Waals surface area contributed by atoms with E-state index in [4.69, 9.17) is 5.10 Å². The van der Waals surface area contributed by atoms with E-state index in [1.54, 1.807) is 0 Å². The molecule has 0 fully saturated rings. The summed E-state index contributed by atoms with van der Waals surface area (Å²) in [6.07, 6.45) is 6.81. The van der Waals surface area contributed by atoms with E-state index >= 15 is 0 Å². The first kappa shape index (κ1) is 28.9. The van der Waals surface area contributed by atoms with Gasteiger partial charge in [0.2, 0.25) is 5.91 Å². The van der Waals surface area contributed by atoms with Crippen LogP contribution in [0.25, 0.3) is 39.0 Å². The maximum Gasteiger partial charge on any atom is 0.323 e. The molecule has 0 saturated heterocycles. The minimum Gasteiger partial charge on any atom is -0.339 e. The van der Waals surface area contributed by atoms with Gasteiger partial charge in [-0.1, -0.05) is 36.4 Å². The van der Waals surface area contributed by atoms with Gasteiger partial charge in [-0.2, -0.15) is 5.10 Å². The minimum atomic E-state index is -0.303. The summed E-state index contributed by atoms with van der Waals surface area (Å²) < 4.78 is 1.94. The van der Waals surface area contributed by atoms with Gasteiger partial charge in [0, 0.05) is 65.6 Å². The van der Waals surface area contributed by atoms with Gasteiger partial charge >= 0.3 is 6.03 Å². The molecule has 0 radical (unpaired) electrons. The highest BCUT2D eigenvalue weighted by molar-refractivity contribution is 6.01. The Morgan fingerprint density at radius 3 is 2.41 bits per heavy atom. The highest BCUT2D eigenvalue weighted by Crippen LogP contribution is 2.37. The third kappa shape index (κ3) is 6.25. The molecule has 3 aromatic heterocycles. The lowest BCUT2D eigenvalue weighted by atomic mass is 9.99. The predicted molar refractivity (Wildman–Crippen MR) is 175 cm³/mol. The second-order valence-electron chi connectivity index (χ2n) is 11.1. The summed E-state index contributed by atoms with van der Waals surface area (Å²) in [6.45, 7) is 4.51. The topological polar surface area (TPSA) is 111 Å². The molecule has 0 atom stereocenters. The SMILES string of the molecule is CCn1cc(-c2ccnc3[nH]c(C4=CCN(C(=O)CN(C)C)CC4)cc23)c(-c2ccc(NC(=O)Nc3ccccc3)cc2)n1. The lowest BCUT2D eigenvalue weighted by Crippen LogP contribution is -2.40. The third-order valence-electron chi connectivity index (χ3n) is 7.71. The van der Waals surface area contributed by atoms with Crippen LogP contribution in [0, 0.1) is 0 Å². The number of hydrogen-bond donors (Lipinski definition) is 3. The third-order valence-corrected chi connectivity index (χ3v) is 7.71. The number of H-pyrrole nitrogens is 1. The number of para-hydroxylation sites is 1. The van der Waals surface area contributed by atoms with E-state index in [0.29, 0.717) is 25.3 Å². The molecule has 44 heavy (non-hydrogen) atoms. The molecule has 0 spiro atoms. The number of nitrogens with zero attached hydrogens (tertiary/aromatic N) is 5. The highest BCUT2D eigenvalue weighted by atomic mass is 16.2. The quantitative estimate of drug-likeness (QED) is 0.208. The first-order valence-electron chi connectivity index (χ1n) is 14.8. The predicted octanol–water partition coefficient (Wildman–Crippen LogP) is 5.93. The molecular formula is C34H36N8O2. The largest absolute Gasteiger partial charge is 0.339 e.